The van der Waals surface area contributed by atoms with E-state index < -0.39 is 5.82 Å². The van der Waals surface area contributed by atoms with Crippen LogP contribution in [0.4, 0.5) is 20.6 Å². The van der Waals surface area contributed by atoms with Crippen molar-refractivity contribution in [2.24, 2.45) is 0 Å². The molecule has 0 saturated carbocycles. The minimum atomic E-state index is -0.478. The number of carbonyl (C=O) groups is 3. The number of rotatable bonds is 5. The van der Waals surface area contributed by atoms with Crippen LogP contribution in [0.15, 0.2) is 18.2 Å². The van der Waals surface area contributed by atoms with Crippen molar-refractivity contribution in [1.29, 1.82) is 0 Å². The molecule has 0 unspecified atom stereocenters. The summed E-state index contributed by atoms with van der Waals surface area (Å²) in [5, 5.41) is 2.29. The molecule has 0 aliphatic carbocycles. The molecule has 1 aromatic rings. The van der Waals surface area contributed by atoms with Crippen LogP contribution < -0.4 is 11.1 Å². The van der Waals surface area contributed by atoms with Gasteiger partial charge in [-0.15, -0.1) is 0 Å². The highest BCUT2D eigenvalue weighted by atomic mass is 32.2. The molecule has 1 fully saturated rings. The van der Waals surface area contributed by atoms with Crippen LogP contribution in [-0.4, -0.2) is 34.3 Å². The first kappa shape index (κ1) is 15.3. The predicted molar refractivity (Wildman–Crippen MR) is 78.2 cm³/mol. The van der Waals surface area contributed by atoms with Crippen molar-refractivity contribution in [1.82, 2.24) is 4.90 Å². The molecule has 1 aliphatic heterocycles. The SMILES string of the molecule is Nc1cc(F)ccc1NC(=O)CCCN1C(=O)CSC1=O. The number of nitrogen functional groups attached to an aromatic ring is 1. The van der Waals surface area contributed by atoms with E-state index in [1.807, 2.05) is 0 Å². The van der Waals surface area contributed by atoms with Gasteiger partial charge < -0.3 is 11.1 Å². The lowest BCUT2D eigenvalue weighted by Crippen LogP contribution is -2.30. The van der Waals surface area contributed by atoms with Crippen LogP contribution in [0.3, 0.4) is 0 Å². The van der Waals surface area contributed by atoms with Crippen molar-refractivity contribution < 1.29 is 18.8 Å². The molecule has 0 atom stereocenters. The first-order chi connectivity index (χ1) is 9.97. The standard InChI is InChI=1S/C13H14FN3O3S/c14-8-3-4-10(9(15)6-8)16-11(18)2-1-5-17-12(19)7-21-13(17)20/h3-4,6H,1-2,5,7,15H2,(H,16,18). The van der Waals surface area contributed by atoms with Crippen molar-refractivity contribution in [3.63, 3.8) is 0 Å². The maximum atomic E-state index is 12.9. The summed E-state index contributed by atoms with van der Waals surface area (Å²) in [7, 11) is 0. The summed E-state index contributed by atoms with van der Waals surface area (Å²) in [4.78, 5) is 35.6. The van der Waals surface area contributed by atoms with Gasteiger partial charge in [-0.25, -0.2) is 4.39 Å². The molecule has 112 valence electrons. The number of thioether (sulfide) groups is 1. The Balaban J connectivity index is 1.80. The van der Waals surface area contributed by atoms with E-state index >= 15 is 0 Å². The molecule has 1 heterocycles. The first-order valence-electron chi connectivity index (χ1n) is 6.29. The summed E-state index contributed by atoms with van der Waals surface area (Å²) in [6, 6.07) is 3.70. The van der Waals surface area contributed by atoms with Gasteiger partial charge in [-0.05, 0) is 24.6 Å². The zero-order chi connectivity index (χ0) is 15.4. The molecular formula is C13H14FN3O3S. The number of nitrogens with two attached hydrogens (primary N) is 1. The predicted octanol–water partition coefficient (Wildman–Crippen LogP) is 1.82. The lowest BCUT2D eigenvalue weighted by molar-refractivity contribution is -0.125. The van der Waals surface area contributed by atoms with Gasteiger partial charge in [0.25, 0.3) is 5.24 Å². The van der Waals surface area contributed by atoms with Crippen LogP contribution in [0, 0.1) is 5.82 Å². The van der Waals surface area contributed by atoms with E-state index in [4.69, 9.17) is 5.73 Å². The smallest absolute Gasteiger partial charge is 0.288 e. The first-order valence-corrected chi connectivity index (χ1v) is 7.28. The third-order valence-corrected chi connectivity index (χ3v) is 3.77. The topological polar surface area (TPSA) is 92.5 Å². The fraction of sp³-hybridized carbons (Fsp3) is 0.308. The Morgan fingerprint density at radius 2 is 2.19 bits per heavy atom. The van der Waals surface area contributed by atoms with Gasteiger partial charge in [-0.3, -0.25) is 19.3 Å². The van der Waals surface area contributed by atoms with E-state index in [2.05, 4.69) is 5.32 Å². The quantitative estimate of drug-likeness (QED) is 0.809. The average molecular weight is 311 g/mol. The summed E-state index contributed by atoms with van der Waals surface area (Å²) >= 11 is 0.963. The number of nitrogens with zero attached hydrogens (tertiary/aromatic N) is 1. The van der Waals surface area contributed by atoms with Gasteiger partial charge in [0, 0.05) is 13.0 Å². The fourth-order valence-corrected chi connectivity index (χ4v) is 2.61. The molecule has 3 N–H and O–H groups in total. The van der Waals surface area contributed by atoms with Crippen molar-refractivity contribution in [3.05, 3.63) is 24.0 Å². The number of imide groups is 1. The normalized spacial score (nSPS) is 14.6. The van der Waals surface area contributed by atoms with Gasteiger partial charge in [0.1, 0.15) is 5.82 Å². The van der Waals surface area contributed by atoms with E-state index in [1.54, 1.807) is 0 Å². The molecule has 3 amide bonds. The molecule has 21 heavy (non-hydrogen) atoms. The Labute approximate surface area is 124 Å². The molecule has 2 rings (SSSR count). The molecule has 0 radical (unpaired) electrons. The summed E-state index contributed by atoms with van der Waals surface area (Å²) in [5.41, 5.74) is 6.06. The van der Waals surface area contributed by atoms with Crippen molar-refractivity contribution in [3.8, 4) is 0 Å². The van der Waals surface area contributed by atoms with Gasteiger partial charge >= 0.3 is 0 Å². The van der Waals surface area contributed by atoms with Crippen LogP contribution in [0.2, 0.25) is 0 Å². The van der Waals surface area contributed by atoms with Gasteiger partial charge in [0.05, 0.1) is 17.1 Å². The molecule has 1 saturated heterocycles. The summed E-state index contributed by atoms with van der Waals surface area (Å²) in [5.74, 6) is -0.848. The Morgan fingerprint density at radius 3 is 2.81 bits per heavy atom. The monoisotopic (exact) mass is 311 g/mol. The zero-order valence-corrected chi connectivity index (χ0v) is 11.9. The largest absolute Gasteiger partial charge is 0.397 e. The third-order valence-electron chi connectivity index (χ3n) is 2.91. The van der Waals surface area contributed by atoms with E-state index in [0.717, 1.165) is 22.7 Å². The number of benzene rings is 1. The zero-order valence-electron chi connectivity index (χ0n) is 11.1. The lowest BCUT2D eigenvalue weighted by Gasteiger charge is -2.12. The summed E-state index contributed by atoms with van der Waals surface area (Å²) in [6.45, 7) is 0.219. The Morgan fingerprint density at radius 1 is 1.43 bits per heavy atom. The second-order valence-electron chi connectivity index (χ2n) is 4.48. The molecule has 0 spiro atoms. The number of carbonyl (C=O) groups excluding carboxylic acids is 3. The number of nitrogens with one attached hydrogen (secondary N) is 1. The highest BCUT2D eigenvalue weighted by molar-refractivity contribution is 8.14. The molecule has 1 aliphatic rings. The van der Waals surface area contributed by atoms with Crippen molar-refractivity contribution in [2.75, 3.05) is 23.3 Å². The van der Waals surface area contributed by atoms with Crippen LogP contribution >= 0.6 is 11.8 Å². The molecule has 1 aromatic carbocycles. The minimum absolute atomic E-state index is 0.137. The molecular weight excluding hydrogens is 297 g/mol. The van der Waals surface area contributed by atoms with Gasteiger partial charge in [-0.1, -0.05) is 11.8 Å². The van der Waals surface area contributed by atoms with Crippen molar-refractivity contribution in [2.45, 2.75) is 12.8 Å². The van der Waals surface area contributed by atoms with Crippen LogP contribution in [0.1, 0.15) is 12.8 Å². The number of hydrogen-bond acceptors (Lipinski definition) is 5. The number of amides is 3. The van der Waals surface area contributed by atoms with E-state index in [1.165, 1.54) is 12.1 Å². The lowest BCUT2D eigenvalue weighted by atomic mass is 10.2. The maximum Gasteiger partial charge on any atom is 0.288 e. The Hall–Kier alpha value is -2.09. The summed E-state index contributed by atoms with van der Waals surface area (Å²) in [6.07, 6.45) is 0.503. The van der Waals surface area contributed by atoms with Crippen LogP contribution in [0.25, 0.3) is 0 Å². The second kappa shape index (κ2) is 6.57. The van der Waals surface area contributed by atoms with Gasteiger partial charge in [0.15, 0.2) is 0 Å². The van der Waals surface area contributed by atoms with Crippen LogP contribution in [0.5, 0.6) is 0 Å². The summed E-state index contributed by atoms with van der Waals surface area (Å²) < 4.78 is 12.9. The number of halogens is 1. The van der Waals surface area contributed by atoms with Crippen molar-refractivity contribution >= 4 is 40.2 Å². The second-order valence-corrected chi connectivity index (χ2v) is 5.41. The average Bonchev–Trinajstić information content (AvgIpc) is 2.74. The highest BCUT2D eigenvalue weighted by Gasteiger charge is 2.29. The van der Waals surface area contributed by atoms with E-state index in [0.29, 0.717) is 12.1 Å². The molecule has 0 bridgehead atoms. The third kappa shape index (κ3) is 3.94. The molecule has 6 nitrogen and oxygen atoms in total. The minimum Gasteiger partial charge on any atom is -0.397 e. The van der Waals surface area contributed by atoms with Crippen LogP contribution in [-0.2, 0) is 9.59 Å². The van der Waals surface area contributed by atoms with E-state index in [-0.39, 0.29) is 41.5 Å². The fourth-order valence-electron chi connectivity index (χ4n) is 1.85. The number of hydrogen-bond donors (Lipinski definition) is 2. The number of anilines is 2. The highest BCUT2D eigenvalue weighted by Crippen LogP contribution is 2.20. The van der Waals surface area contributed by atoms with Gasteiger partial charge in [0.2, 0.25) is 11.8 Å². The van der Waals surface area contributed by atoms with Gasteiger partial charge in [-0.2, -0.15) is 0 Å². The molecule has 0 aromatic heterocycles. The Bertz CT molecular complexity index is 578. The Kier molecular flexibility index (Phi) is 4.79. The maximum absolute atomic E-state index is 12.9. The molecule has 8 heteroatoms. The van der Waals surface area contributed by atoms with E-state index in [9.17, 15) is 18.8 Å².